The Kier molecular flexibility index (Phi) is 6.11. The summed E-state index contributed by atoms with van der Waals surface area (Å²) in [5.74, 6) is 0.357. The monoisotopic (exact) mass is 265 g/mol. The third-order valence-corrected chi connectivity index (χ3v) is 2.36. The van der Waals surface area contributed by atoms with E-state index >= 15 is 0 Å². The van der Waals surface area contributed by atoms with E-state index < -0.39 is 0 Å². The second-order valence-electron chi connectivity index (χ2n) is 3.68. The lowest BCUT2D eigenvalue weighted by molar-refractivity contribution is -0.117. The predicted octanol–water partition coefficient (Wildman–Crippen LogP) is 2.35. The summed E-state index contributed by atoms with van der Waals surface area (Å²) >= 11 is 5.71. The maximum absolute atomic E-state index is 11.8. The molecule has 0 saturated heterocycles. The van der Waals surface area contributed by atoms with Gasteiger partial charge < -0.3 is 5.32 Å². The molecule has 0 bridgehead atoms. The molecule has 0 atom stereocenters. The van der Waals surface area contributed by atoms with Crippen molar-refractivity contribution in [2.45, 2.75) is 0 Å². The van der Waals surface area contributed by atoms with Gasteiger partial charge in [-0.15, -0.1) is 13.2 Å². The Morgan fingerprint density at radius 1 is 1.39 bits per heavy atom. The van der Waals surface area contributed by atoms with Crippen LogP contribution in [-0.4, -0.2) is 35.4 Å². The normalized spacial score (nSPS) is 10.1. The van der Waals surface area contributed by atoms with Crippen molar-refractivity contribution in [1.29, 1.82) is 0 Å². The van der Waals surface area contributed by atoms with Crippen molar-refractivity contribution in [2.75, 3.05) is 25.0 Å². The van der Waals surface area contributed by atoms with Crippen LogP contribution in [0.5, 0.6) is 0 Å². The molecule has 1 aromatic rings. The molecule has 1 heterocycles. The third-order valence-electron chi connectivity index (χ3n) is 2.14. The van der Waals surface area contributed by atoms with Crippen molar-refractivity contribution in [1.82, 2.24) is 9.88 Å². The van der Waals surface area contributed by atoms with Gasteiger partial charge in [0.05, 0.1) is 11.6 Å². The van der Waals surface area contributed by atoms with Gasteiger partial charge in [0, 0.05) is 19.3 Å². The highest BCUT2D eigenvalue weighted by atomic mass is 35.5. The Morgan fingerprint density at radius 2 is 2.06 bits per heavy atom. The summed E-state index contributed by atoms with van der Waals surface area (Å²) in [5, 5.41) is 3.23. The molecule has 0 unspecified atom stereocenters. The molecule has 5 heteroatoms. The Labute approximate surface area is 112 Å². The number of amides is 1. The lowest BCUT2D eigenvalue weighted by Crippen LogP contribution is -2.33. The number of hydrogen-bond acceptors (Lipinski definition) is 3. The molecular formula is C13H16ClN3O. The van der Waals surface area contributed by atoms with Crippen molar-refractivity contribution >= 4 is 23.3 Å². The van der Waals surface area contributed by atoms with E-state index in [4.69, 9.17) is 11.6 Å². The quantitative estimate of drug-likeness (QED) is 0.770. The fraction of sp³-hybridized carbons (Fsp3) is 0.231. The van der Waals surface area contributed by atoms with Crippen LogP contribution in [0.25, 0.3) is 0 Å². The maximum atomic E-state index is 11.8. The predicted molar refractivity (Wildman–Crippen MR) is 74.7 cm³/mol. The number of pyridine rings is 1. The van der Waals surface area contributed by atoms with Gasteiger partial charge in [-0.3, -0.25) is 9.69 Å². The first-order chi connectivity index (χ1) is 8.65. The topological polar surface area (TPSA) is 45.2 Å². The number of aromatic nitrogens is 1. The van der Waals surface area contributed by atoms with E-state index in [9.17, 15) is 4.79 Å². The first-order valence-corrected chi connectivity index (χ1v) is 5.89. The maximum Gasteiger partial charge on any atom is 0.239 e. The van der Waals surface area contributed by atoms with E-state index in [1.165, 1.54) is 6.20 Å². The number of anilines is 1. The number of halogens is 1. The lowest BCUT2D eigenvalue weighted by atomic mass is 10.4. The SMILES string of the molecule is C=CCN(CC=C)CC(=O)Nc1ccc(Cl)cn1. The molecule has 0 aliphatic carbocycles. The minimum absolute atomic E-state index is 0.131. The molecule has 0 aromatic carbocycles. The van der Waals surface area contributed by atoms with Crippen molar-refractivity contribution in [2.24, 2.45) is 0 Å². The van der Waals surface area contributed by atoms with E-state index in [1.54, 1.807) is 24.3 Å². The first-order valence-electron chi connectivity index (χ1n) is 5.51. The number of rotatable bonds is 7. The van der Waals surface area contributed by atoms with Gasteiger partial charge in [-0.1, -0.05) is 23.8 Å². The second kappa shape index (κ2) is 7.63. The van der Waals surface area contributed by atoms with E-state index in [2.05, 4.69) is 23.5 Å². The van der Waals surface area contributed by atoms with Gasteiger partial charge in [0.2, 0.25) is 5.91 Å². The van der Waals surface area contributed by atoms with Gasteiger partial charge >= 0.3 is 0 Å². The largest absolute Gasteiger partial charge is 0.310 e. The van der Waals surface area contributed by atoms with Crippen molar-refractivity contribution < 1.29 is 4.79 Å². The highest BCUT2D eigenvalue weighted by Gasteiger charge is 2.08. The smallest absolute Gasteiger partial charge is 0.239 e. The molecule has 0 radical (unpaired) electrons. The minimum atomic E-state index is -0.131. The van der Waals surface area contributed by atoms with Gasteiger partial charge in [-0.2, -0.15) is 0 Å². The zero-order valence-electron chi connectivity index (χ0n) is 10.1. The third kappa shape index (κ3) is 5.12. The van der Waals surface area contributed by atoms with E-state index in [0.29, 0.717) is 23.9 Å². The Morgan fingerprint density at radius 3 is 2.56 bits per heavy atom. The molecule has 0 fully saturated rings. The summed E-state index contributed by atoms with van der Waals surface area (Å²) in [6.07, 6.45) is 4.98. The fourth-order valence-electron chi connectivity index (χ4n) is 1.40. The van der Waals surface area contributed by atoms with E-state index in [1.807, 2.05) is 4.90 Å². The average Bonchev–Trinajstić information content (AvgIpc) is 2.33. The summed E-state index contributed by atoms with van der Waals surface area (Å²) in [5.41, 5.74) is 0. The zero-order valence-corrected chi connectivity index (χ0v) is 10.9. The van der Waals surface area contributed by atoms with Crippen LogP contribution >= 0.6 is 11.6 Å². The Balaban J connectivity index is 2.51. The van der Waals surface area contributed by atoms with Crippen molar-refractivity contribution in [3.63, 3.8) is 0 Å². The fourth-order valence-corrected chi connectivity index (χ4v) is 1.52. The molecule has 0 aliphatic heterocycles. The van der Waals surface area contributed by atoms with Crippen LogP contribution in [0.4, 0.5) is 5.82 Å². The van der Waals surface area contributed by atoms with Crippen LogP contribution in [0, 0.1) is 0 Å². The number of nitrogens with one attached hydrogen (secondary N) is 1. The summed E-state index contributed by atoms with van der Waals surface area (Å²) in [7, 11) is 0. The lowest BCUT2D eigenvalue weighted by Gasteiger charge is -2.17. The van der Waals surface area contributed by atoms with Crippen LogP contribution in [0.3, 0.4) is 0 Å². The van der Waals surface area contributed by atoms with Gasteiger partial charge in [-0.05, 0) is 12.1 Å². The summed E-state index contributed by atoms with van der Waals surface area (Å²) in [6, 6.07) is 3.33. The van der Waals surface area contributed by atoms with Gasteiger partial charge in [0.25, 0.3) is 0 Å². The first kappa shape index (κ1) is 14.4. The molecule has 1 N–H and O–H groups in total. The van der Waals surface area contributed by atoms with Crippen LogP contribution in [0.15, 0.2) is 43.6 Å². The molecule has 96 valence electrons. The van der Waals surface area contributed by atoms with Gasteiger partial charge in [0.1, 0.15) is 5.82 Å². The van der Waals surface area contributed by atoms with Gasteiger partial charge in [-0.25, -0.2) is 4.98 Å². The average molecular weight is 266 g/mol. The molecule has 0 aliphatic rings. The second-order valence-corrected chi connectivity index (χ2v) is 4.12. The highest BCUT2D eigenvalue weighted by Crippen LogP contribution is 2.09. The summed E-state index contributed by atoms with van der Waals surface area (Å²) < 4.78 is 0. The highest BCUT2D eigenvalue weighted by molar-refractivity contribution is 6.30. The number of nitrogens with zero attached hydrogens (tertiary/aromatic N) is 2. The summed E-state index contributed by atoms with van der Waals surface area (Å²) in [4.78, 5) is 17.7. The Hall–Kier alpha value is -1.65. The zero-order chi connectivity index (χ0) is 13.4. The van der Waals surface area contributed by atoms with Crippen LogP contribution in [-0.2, 0) is 4.79 Å². The van der Waals surface area contributed by atoms with Crippen molar-refractivity contribution in [3.05, 3.63) is 48.7 Å². The molecular weight excluding hydrogens is 250 g/mol. The van der Waals surface area contributed by atoms with Gasteiger partial charge in [0.15, 0.2) is 0 Å². The number of carbonyl (C=O) groups excluding carboxylic acids is 1. The van der Waals surface area contributed by atoms with Crippen LogP contribution in [0.2, 0.25) is 5.02 Å². The molecule has 4 nitrogen and oxygen atoms in total. The van der Waals surface area contributed by atoms with Crippen molar-refractivity contribution in [3.8, 4) is 0 Å². The molecule has 1 rings (SSSR count). The molecule has 1 aromatic heterocycles. The number of carbonyl (C=O) groups is 1. The summed E-state index contributed by atoms with van der Waals surface area (Å²) in [6.45, 7) is 8.83. The molecule has 1 amide bonds. The standard InChI is InChI=1S/C13H16ClN3O/c1-3-7-17(8-4-2)10-13(18)16-12-6-5-11(14)9-15-12/h3-6,9H,1-2,7-8,10H2,(H,15,16,18). The minimum Gasteiger partial charge on any atom is -0.310 e. The molecule has 0 saturated carbocycles. The van der Waals surface area contributed by atoms with Crippen LogP contribution in [0.1, 0.15) is 0 Å². The molecule has 0 spiro atoms. The van der Waals surface area contributed by atoms with E-state index in [0.717, 1.165) is 0 Å². The Bertz CT molecular complexity index is 407. The van der Waals surface area contributed by atoms with E-state index in [-0.39, 0.29) is 12.5 Å². The molecule has 18 heavy (non-hydrogen) atoms. The van der Waals surface area contributed by atoms with Crippen LogP contribution < -0.4 is 5.32 Å². The number of hydrogen-bond donors (Lipinski definition) is 1.